The molecule has 1 amide bonds. The highest BCUT2D eigenvalue weighted by atomic mass is 35.5. The largest absolute Gasteiger partial charge is 0.356 e. The van der Waals surface area contributed by atoms with Crippen molar-refractivity contribution in [2.75, 3.05) is 18.5 Å². The topological polar surface area (TPSA) is 90.7 Å². The molecule has 0 radical (unpaired) electrons. The predicted molar refractivity (Wildman–Crippen MR) is 131 cm³/mol. The normalized spacial score (nSPS) is 11.8. The Morgan fingerprint density at radius 1 is 1.09 bits per heavy atom. The molecule has 33 heavy (non-hydrogen) atoms. The molecule has 0 aliphatic rings. The summed E-state index contributed by atoms with van der Waals surface area (Å²) >= 11 is 12.0. The van der Waals surface area contributed by atoms with Crippen LogP contribution in [-0.2, 0) is 24.6 Å². The molecular weight excluding hydrogens is 486 g/mol. The summed E-state index contributed by atoms with van der Waals surface area (Å²) in [6.45, 7) is 4.14. The summed E-state index contributed by atoms with van der Waals surface area (Å²) < 4.78 is 28.6. The number of aromatic nitrogens is 1. The Morgan fingerprint density at radius 3 is 2.42 bits per heavy atom. The van der Waals surface area contributed by atoms with Crippen LogP contribution in [0.25, 0.3) is 17.4 Å². The van der Waals surface area contributed by atoms with Crippen LogP contribution in [0.4, 0.5) is 5.69 Å². The Kier molecular flexibility index (Phi) is 8.89. The SMILES string of the molecule is CCOP(=O)(Cc1ccc(NC(=O)/C=C/c2cnoc2-c2ccc(Cl)c(Cl)c2)cc1)OCC. The molecular formula is C23H23Cl2N2O5P. The Morgan fingerprint density at radius 2 is 1.79 bits per heavy atom. The maximum Gasteiger partial charge on any atom is 0.335 e. The van der Waals surface area contributed by atoms with Gasteiger partial charge in [0.1, 0.15) is 0 Å². The molecule has 1 heterocycles. The zero-order valence-electron chi connectivity index (χ0n) is 18.1. The fourth-order valence-corrected chi connectivity index (χ4v) is 5.01. The number of halogens is 2. The van der Waals surface area contributed by atoms with E-state index in [1.165, 1.54) is 12.3 Å². The minimum atomic E-state index is -3.19. The van der Waals surface area contributed by atoms with Gasteiger partial charge in [-0.1, -0.05) is 40.5 Å². The van der Waals surface area contributed by atoms with Gasteiger partial charge in [-0.25, -0.2) is 0 Å². The second-order valence-corrected chi connectivity index (χ2v) is 9.73. The monoisotopic (exact) mass is 508 g/mol. The van der Waals surface area contributed by atoms with Crippen LogP contribution in [-0.4, -0.2) is 24.3 Å². The van der Waals surface area contributed by atoms with E-state index in [1.807, 2.05) is 0 Å². The first-order valence-electron chi connectivity index (χ1n) is 10.2. The van der Waals surface area contributed by atoms with Gasteiger partial charge in [0, 0.05) is 22.9 Å². The molecule has 0 saturated heterocycles. The average molecular weight is 509 g/mol. The molecule has 174 valence electrons. The van der Waals surface area contributed by atoms with E-state index >= 15 is 0 Å². The van der Waals surface area contributed by atoms with Crippen molar-refractivity contribution in [3.63, 3.8) is 0 Å². The van der Waals surface area contributed by atoms with Crippen LogP contribution in [0.5, 0.6) is 0 Å². The fraction of sp³-hybridized carbons (Fsp3) is 0.217. The molecule has 0 fully saturated rings. The molecule has 0 spiro atoms. The summed E-state index contributed by atoms with van der Waals surface area (Å²) in [5.41, 5.74) is 2.67. The van der Waals surface area contributed by atoms with Gasteiger partial charge in [0.15, 0.2) is 5.76 Å². The third-order valence-corrected chi connectivity index (χ3v) is 7.24. The van der Waals surface area contributed by atoms with Gasteiger partial charge >= 0.3 is 7.60 Å². The lowest BCUT2D eigenvalue weighted by molar-refractivity contribution is -0.111. The molecule has 7 nitrogen and oxygen atoms in total. The highest BCUT2D eigenvalue weighted by Gasteiger charge is 2.23. The molecule has 0 aliphatic carbocycles. The number of carbonyl (C=O) groups excluding carboxylic acids is 1. The quantitative estimate of drug-likeness (QED) is 0.232. The highest BCUT2D eigenvalue weighted by molar-refractivity contribution is 7.53. The summed E-state index contributed by atoms with van der Waals surface area (Å²) in [5, 5.41) is 7.39. The Hall–Kier alpha value is -2.41. The molecule has 0 atom stereocenters. The van der Waals surface area contributed by atoms with Gasteiger partial charge in [-0.3, -0.25) is 9.36 Å². The maximum atomic E-state index is 12.7. The lowest BCUT2D eigenvalue weighted by atomic mass is 10.1. The molecule has 1 aromatic heterocycles. The van der Waals surface area contributed by atoms with Crippen LogP contribution in [0.1, 0.15) is 25.0 Å². The molecule has 2 aromatic carbocycles. The zero-order chi connectivity index (χ0) is 23.8. The zero-order valence-corrected chi connectivity index (χ0v) is 20.5. The summed E-state index contributed by atoms with van der Waals surface area (Å²) in [6.07, 6.45) is 4.64. The molecule has 0 bridgehead atoms. The van der Waals surface area contributed by atoms with Gasteiger partial charge in [0.25, 0.3) is 0 Å². The molecule has 3 rings (SSSR count). The Labute approximate surface area is 202 Å². The molecule has 3 aromatic rings. The van der Waals surface area contributed by atoms with Crippen molar-refractivity contribution in [3.8, 4) is 11.3 Å². The second kappa shape index (κ2) is 11.6. The minimum absolute atomic E-state index is 0.161. The number of rotatable bonds is 10. The van der Waals surface area contributed by atoms with E-state index in [4.69, 9.17) is 36.8 Å². The number of amides is 1. The van der Waals surface area contributed by atoms with Gasteiger partial charge < -0.3 is 18.9 Å². The van der Waals surface area contributed by atoms with Gasteiger partial charge in [-0.15, -0.1) is 0 Å². The third kappa shape index (κ3) is 7.03. The lowest BCUT2D eigenvalue weighted by Crippen LogP contribution is -2.07. The Balaban J connectivity index is 1.64. The first-order valence-corrected chi connectivity index (χ1v) is 12.7. The molecule has 10 heteroatoms. The van der Waals surface area contributed by atoms with Gasteiger partial charge in [-0.05, 0) is 55.8 Å². The van der Waals surface area contributed by atoms with Crippen molar-refractivity contribution in [1.82, 2.24) is 5.16 Å². The van der Waals surface area contributed by atoms with E-state index < -0.39 is 7.60 Å². The Bertz CT molecular complexity index is 1170. The van der Waals surface area contributed by atoms with Crippen molar-refractivity contribution in [1.29, 1.82) is 0 Å². The number of carbonyl (C=O) groups is 1. The van der Waals surface area contributed by atoms with Crippen LogP contribution < -0.4 is 5.32 Å². The first kappa shape index (κ1) is 25.2. The molecule has 0 saturated carbocycles. The number of hydrogen-bond donors (Lipinski definition) is 1. The molecule has 1 N–H and O–H groups in total. The highest BCUT2D eigenvalue weighted by Crippen LogP contribution is 2.51. The predicted octanol–water partition coefficient (Wildman–Crippen LogP) is 7.07. The van der Waals surface area contributed by atoms with E-state index in [-0.39, 0.29) is 12.1 Å². The first-order chi connectivity index (χ1) is 15.8. The van der Waals surface area contributed by atoms with E-state index in [1.54, 1.807) is 62.4 Å². The van der Waals surface area contributed by atoms with E-state index in [9.17, 15) is 9.36 Å². The fourth-order valence-electron chi connectivity index (χ4n) is 3.01. The molecule has 0 unspecified atom stereocenters. The van der Waals surface area contributed by atoms with Gasteiger partial charge in [0.2, 0.25) is 5.91 Å². The minimum Gasteiger partial charge on any atom is -0.356 e. The average Bonchev–Trinajstić information content (AvgIpc) is 3.24. The van der Waals surface area contributed by atoms with Crippen molar-refractivity contribution >= 4 is 48.5 Å². The van der Waals surface area contributed by atoms with Crippen molar-refractivity contribution in [2.45, 2.75) is 20.0 Å². The van der Waals surface area contributed by atoms with Crippen molar-refractivity contribution < 1.29 is 22.9 Å². The van der Waals surface area contributed by atoms with Crippen LogP contribution in [0, 0.1) is 0 Å². The van der Waals surface area contributed by atoms with Crippen LogP contribution >= 0.6 is 30.8 Å². The van der Waals surface area contributed by atoms with Crippen molar-refractivity contribution in [2.24, 2.45) is 0 Å². The van der Waals surface area contributed by atoms with Crippen LogP contribution in [0.2, 0.25) is 10.0 Å². The summed E-state index contributed by atoms with van der Waals surface area (Å²) in [6, 6.07) is 12.1. The number of anilines is 1. The summed E-state index contributed by atoms with van der Waals surface area (Å²) in [7, 11) is -3.19. The van der Waals surface area contributed by atoms with E-state index in [0.717, 1.165) is 5.56 Å². The van der Waals surface area contributed by atoms with E-state index in [2.05, 4.69) is 10.5 Å². The maximum absolute atomic E-state index is 12.7. The number of benzene rings is 2. The number of hydrogen-bond acceptors (Lipinski definition) is 6. The smallest absolute Gasteiger partial charge is 0.335 e. The summed E-state index contributed by atoms with van der Waals surface area (Å²) in [5.74, 6) is 0.133. The van der Waals surface area contributed by atoms with E-state index in [0.29, 0.717) is 45.8 Å². The van der Waals surface area contributed by atoms with Crippen LogP contribution in [0.3, 0.4) is 0 Å². The number of nitrogens with zero attached hydrogens (tertiary/aromatic N) is 1. The third-order valence-electron chi connectivity index (χ3n) is 4.44. The summed E-state index contributed by atoms with van der Waals surface area (Å²) in [4.78, 5) is 12.4. The number of nitrogens with one attached hydrogen (secondary N) is 1. The second-order valence-electron chi connectivity index (χ2n) is 6.86. The van der Waals surface area contributed by atoms with Gasteiger partial charge in [-0.2, -0.15) is 0 Å². The van der Waals surface area contributed by atoms with Crippen molar-refractivity contribution in [3.05, 3.63) is 75.9 Å². The lowest BCUT2D eigenvalue weighted by Gasteiger charge is -2.17. The van der Waals surface area contributed by atoms with Crippen LogP contribution in [0.15, 0.2) is 59.3 Å². The standard InChI is InChI=1S/C23H23Cl2N2O5P/c1-3-30-33(29,31-4-2)15-16-5-9-19(10-6-16)27-22(28)12-8-18-14-26-32-23(18)17-7-11-20(24)21(25)13-17/h5-14H,3-4,15H2,1-2H3,(H,27,28)/b12-8+. The van der Waals surface area contributed by atoms with Gasteiger partial charge in [0.05, 0.1) is 35.6 Å². The molecule has 0 aliphatic heterocycles.